The number of nitrogens with one attached hydrogen (secondary N) is 1. The van der Waals surface area contributed by atoms with Gasteiger partial charge in [-0.3, -0.25) is 9.59 Å². The topological polar surface area (TPSA) is 75.6 Å². The minimum Gasteiger partial charge on any atom is -0.493 e. The number of aliphatic carboxylic acids is 1. The summed E-state index contributed by atoms with van der Waals surface area (Å²) in [6.07, 6.45) is 1.77. The number of carboxylic acid groups (broad SMARTS) is 1. The first-order valence-electron chi connectivity index (χ1n) is 6.82. The van der Waals surface area contributed by atoms with E-state index >= 15 is 0 Å². The van der Waals surface area contributed by atoms with Gasteiger partial charge in [-0.05, 0) is 30.5 Å². The van der Waals surface area contributed by atoms with Crippen molar-refractivity contribution in [3.63, 3.8) is 0 Å². The highest BCUT2D eigenvalue weighted by Crippen LogP contribution is 2.12. The molecular formula is C15H21NO4. The van der Waals surface area contributed by atoms with Gasteiger partial charge in [0.05, 0.1) is 13.0 Å². The van der Waals surface area contributed by atoms with Crippen molar-refractivity contribution in [3.05, 3.63) is 29.8 Å². The lowest BCUT2D eigenvalue weighted by molar-refractivity contribution is -0.137. The summed E-state index contributed by atoms with van der Waals surface area (Å²) in [5.41, 5.74) is 1.24. The lowest BCUT2D eigenvalue weighted by atomic mass is 10.2. The SMILES string of the molecule is CCc1ccc(OCCC(=O)NCCCC(=O)O)cc1. The molecule has 0 spiro atoms. The minimum absolute atomic E-state index is 0.0700. The number of hydrogen-bond donors (Lipinski definition) is 2. The van der Waals surface area contributed by atoms with Crippen molar-refractivity contribution in [2.75, 3.05) is 13.2 Å². The molecular weight excluding hydrogens is 258 g/mol. The lowest BCUT2D eigenvalue weighted by Crippen LogP contribution is -2.26. The molecule has 0 aliphatic rings. The van der Waals surface area contributed by atoms with Crippen LogP contribution in [0.15, 0.2) is 24.3 Å². The van der Waals surface area contributed by atoms with Crippen molar-refractivity contribution in [1.29, 1.82) is 0 Å². The molecule has 0 aliphatic heterocycles. The van der Waals surface area contributed by atoms with Crippen molar-refractivity contribution >= 4 is 11.9 Å². The number of carbonyl (C=O) groups excluding carboxylic acids is 1. The van der Waals surface area contributed by atoms with E-state index in [1.165, 1.54) is 5.56 Å². The zero-order valence-corrected chi connectivity index (χ0v) is 11.7. The third kappa shape index (κ3) is 6.78. The van der Waals surface area contributed by atoms with Gasteiger partial charge in [0.1, 0.15) is 5.75 Å². The molecule has 0 heterocycles. The Labute approximate surface area is 118 Å². The van der Waals surface area contributed by atoms with Crippen molar-refractivity contribution in [1.82, 2.24) is 5.32 Å². The molecule has 0 aliphatic carbocycles. The molecule has 0 aromatic heterocycles. The van der Waals surface area contributed by atoms with Crippen molar-refractivity contribution in [3.8, 4) is 5.75 Å². The first-order chi connectivity index (χ1) is 9.61. The van der Waals surface area contributed by atoms with E-state index in [0.29, 0.717) is 19.6 Å². The molecule has 0 fully saturated rings. The molecule has 0 atom stereocenters. The molecule has 2 N–H and O–H groups in total. The summed E-state index contributed by atoms with van der Waals surface area (Å²) in [4.78, 5) is 21.7. The van der Waals surface area contributed by atoms with E-state index in [-0.39, 0.29) is 18.7 Å². The molecule has 0 saturated carbocycles. The maximum Gasteiger partial charge on any atom is 0.303 e. The van der Waals surface area contributed by atoms with Gasteiger partial charge in [-0.1, -0.05) is 19.1 Å². The van der Waals surface area contributed by atoms with Crippen LogP contribution in [0.5, 0.6) is 5.75 Å². The molecule has 5 nitrogen and oxygen atoms in total. The first-order valence-corrected chi connectivity index (χ1v) is 6.82. The Hall–Kier alpha value is -2.04. The van der Waals surface area contributed by atoms with Crippen LogP contribution in [0.4, 0.5) is 0 Å². The van der Waals surface area contributed by atoms with Gasteiger partial charge in [0.15, 0.2) is 0 Å². The Bertz CT molecular complexity index is 428. The fourth-order valence-electron chi connectivity index (χ4n) is 1.64. The zero-order valence-electron chi connectivity index (χ0n) is 11.7. The average molecular weight is 279 g/mol. The van der Waals surface area contributed by atoms with Crippen LogP contribution in [0.3, 0.4) is 0 Å². The van der Waals surface area contributed by atoms with Crippen LogP contribution in [-0.4, -0.2) is 30.1 Å². The fraction of sp³-hybridized carbons (Fsp3) is 0.467. The minimum atomic E-state index is -0.849. The summed E-state index contributed by atoms with van der Waals surface area (Å²) in [6.45, 7) is 2.79. The Morgan fingerprint density at radius 1 is 1.20 bits per heavy atom. The van der Waals surface area contributed by atoms with E-state index in [0.717, 1.165) is 12.2 Å². The lowest BCUT2D eigenvalue weighted by Gasteiger charge is -2.07. The molecule has 1 amide bonds. The van der Waals surface area contributed by atoms with Crippen LogP contribution in [0.25, 0.3) is 0 Å². The highest BCUT2D eigenvalue weighted by molar-refractivity contribution is 5.76. The molecule has 1 rings (SSSR count). The average Bonchev–Trinajstić information content (AvgIpc) is 2.44. The summed E-state index contributed by atoms with van der Waals surface area (Å²) >= 11 is 0. The van der Waals surface area contributed by atoms with Crippen LogP contribution < -0.4 is 10.1 Å². The van der Waals surface area contributed by atoms with Crippen molar-refractivity contribution < 1.29 is 19.4 Å². The second-order valence-corrected chi connectivity index (χ2v) is 4.44. The van der Waals surface area contributed by atoms with E-state index in [1.54, 1.807) is 0 Å². The third-order valence-electron chi connectivity index (χ3n) is 2.82. The second-order valence-electron chi connectivity index (χ2n) is 4.44. The van der Waals surface area contributed by atoms with Crippen LogP contribution in [0.1, 0.15) is 31.7 Å². The van der Waals surface area contributed by atoms with Gasteiger partial charge >= 0.3 is 5.97 Å². The maximum atomic E-state index is 11.4. The predicted molar refractivity (Wildman–Crippen MR) is 75.8 cm³/mol. The highest BCUT2D eigenvalue weighted by atomic mass is 16.5. The number of ether oxygens (including phenoxy) is 1. The Morgan fingerprint density at radius 3 is 2.50 bits per heavy atom. The van der Waals surface area contributed by atoms with Gasteiger partial charge in [0.25, 0.3) is 0 Å². The van der Waals surface area contributed by atoms with Gasteiger partial charge in [0, 0.05) is 13.0 Å². The molecule has 0 unspecified atom stereocenters. The van der Waals surface area contributed by atoms with E-state index in [1.807, 2.05) is 24.3 Å². The summed E-state index contributed by atoms with van der Waals surface area (Å²) in [7, 11) is 0. The van der Waals surface area contributed by atoms with Crippen LogP contribution in [0, 0.1) is 0 Å². The van der Waals surface area contributed by atoms with E-state index < -0.39 is 5.97 Å². The zero-order chi connectivity index (χ0) is 14.8. The monoisotopic (exact) mass is 279 g/mol. The van der Waals surface area contributed by atoms with Crippen molar-refractivity contribution in [2.45, 2.75) is 32.6 Å². The standard InChI is InChI=1S/C15H21NO4/c1-2-12-5-7-13(8-6-12)20-11-9-14(17)16-10-3-4-15(18)19/h5-8H,2-4,9-11H2,1H3,(H,16,17)(H,18,19). The molecule has 1 aromatic rings. The molecule has 1 aromatic carbocycles. The fourth-order valence-corrected chi connectivity index (χ4v) is 1.64. The normalized spacial score (nSPS) is 10.1. The molecule has 20 heavy (non-hydrogen) atoms. The third-order valence-corrected chi connectivity index (χ3v) is 2.82. The van der Waals surface area contributed by atoms with Gasteiger partial charge in [-0.2, -0.15) is 0 Å². The van der Waals surface area contributed by atoms with Gasteiger partial charge < -0.3 is 15.2 Å². The van der Waals surface area contributed by atoms with Gasteiger partial charge in [-0.25, -0.2) is 0 Å². The summed E-state index contributed by atoms with van der Waals surface area (Å²) < 4.78 is 5.47. The highest BCUT2D eigenvalue weighted by Gasteiger charge is 2.02. The van der Waals surface area contributed by atoms with E-state index in [9.17, 15) is 9.59 Å². The number of aryl methyl sites for hydroxylation is 1. The maximum absolute atomic E-state index is 11.4. The van der Waals surface area contributed by atoms with Gasteiger partial charge in [-0.15, -0.1) is 0 Å². The second kappa shape index (κ2) is 8.96. The summed E-state index contributed by atoms with van der Waals surface area (Å²) in [5, 5.41) is 11.1. The van der Waals surface area contributed by atoms with Crippen LogP contribution in [0.2, 0.25) is 0 Å². The molecule has 5 heteroatoms. The quantitative estimate of drug-likeness (QED) is 0.678. The molecule has 0 saturated heterocycles. The Kier molecular flexibility index (Phi) is 7.17. The van der Waals surface area contributed by atoms with Gasteiger partial charge in [0.2, 0.25) is 5.91 Å². The number of amides is 1. The molecule has 0 radical (unpaired) electrons. The summed E-state index contributed by atoms with van der Waals surface area (Å²) in [5.74, 6) is -0.223. The van der Waals surface area contributed by atoms with E-state index in [2.05, 4.69) is 12.2 Å². The van der Waals surface area contributed by atoms with E-state index in [4.69, 9.17) is 9.84 Å². The molecule has 110 valence electrons. The number of carboxylic acids is 1. The van der Waals surface area contributed by atoms with Crippen molar-refractivity contribution in [2.24, 2.45) is 0 Å². The predicted octanol–water partition coefficient (Wildman–Crippen LogP) is 2.00. The molecule has 0 bridgehead atoms. The Balaban J connectivity index is 2.13. The number of hydrogen-bond acceptors (Lipinski definition) is 3. The van der Waals surface area contributed by atoms with Crippen LogP contribution in [-0.2, 0) is 16.0 Å². The van der Waals surface area contributed by atoms with Crippen LogP contribution >= 0.6 is 0 Å². The number of rotatable bonds is 9. The first kappa shape index (κ1) is 16.0. The Morgan fingerprint density at radius 2 is 1.90 bits per heavy atom. The smallest absolute Gasteiger partial charge is 0.303 e. The summed E-state index contributed by atoms with van der Waals surface area (Å²) in [6, 6.07) is 7.79. The number of carbonyl (C=O) groups is 2. The largest absolute Gasteiger partial charge is 0.493 e. The number of benzene rings is 1.